The first kappa shape index (κ1) is 21.9. The van der Waals surface area contributed by atoms with Gasteiger partial charge in [0.25, 0.3) is 0 Å². The molecule has 2 aliphatic heterocycles. The Hall–Kier alpha value is -1.88. The first-order valence-corrected chi connectivity index (χ1v) is 12.4. The zero-order valence-electron chi connectivity index (χ0n) is 19.3. The minimum atomic E-state index is -0.165. The van der Waals surface area contributed by atoms with E-state index in [1.807, 2.05) is 19.1 Å². The molecule has 2 unspecified atom stereocenters. The molecule has 32 heavy (non-hydrogen) atoms. The Morgan fingerprint density at radius 2 is 1.84 bits per heavy atom. The van der Waals surface area contributed by atoms with Gasteiger partial charge in [-0.05, 0) is 80.1 Å². The Balaban J connectivity index is 1.25. The van der Waals surface area contributed by atoms with Crippen molar-refractivity contribution in [2.75, 3.05) is 32.9 Å². The van der Waals surface area contributed by atoms with Crippen LogP contribution in [0.2, 0.25) is 0 Å². The van der Waals surface area contributed by atoms with Crippen molar-refractivity contribution in [1.82, 2.24) is 4.90 Å². The zero-order chi connectivity index (χ0) is 22.2. The van der Waals surface area contributed by atoms with Gasteiger partial charge < -0.3 is 14.4 Å². The summed E-state index contributed by atoms with van der Waals surface area (Å²) < 4.78 is 24.1. The summed E-state index contributed by atoms with van der Waals surface area (Å²) in [4.78, 5) is 15.8. The van der Waals surface area contributed by atoms with Gasteiger partial charge in [-0.15, -0.1) is 0 Å². The number of rotatable bonds is 6. The Labute approximate surface area is 191 Å². The molecule has 1 spiro atoms. The van der Waals surface area contributed by atoms with E-state index in [-0.39, 0.29) is 10.8 Å². The van der Waals surface area contributed by atoms with Crippen LogP contribution < -0.4 is 4.74 Å². The highest BCUT2D eigenvalue weighted by molar-refractivity contribution is 5.84. The summed E-state index contributed by atoms with van der Waals surface area (Å²) in [6.45, 7) is 5.78. The van der Waals surface area contributed by atoms with Crippen LogP contribution in [0.4, 0.5) is 4.39 Å². The first-order valence-electron chi connectivity index (χ1n) is 12.4. The van der Waals surface area contributed by atoms with E-state index in [1.165, 1.54) is 5.56 Å². The number of likely N-dealkylation sites (tertiary alicyclic amines) is 1. The smallest absolute Gasteiger partial charge is 0.228 e. The third-order valence-electron chi connectivity index (χ3n) is 8.92. The zero-order valence-corrected chi connectivity index (χ0v) is 19.3. The van der Waals surface area contributed by atoms with Crippen molar-refractivity contribution in [3.05, 3.63) is 41.7 Å². The molecule has 5 heteroatoms. The molecule has 4 fully saturated rings. The Morgan fingerprint density at radius 3 is 2.53 bits per heavy atom. The fourth-order valence-electron chi connectivity index (χ4n) is 6.83. The number of nitrogens with zero attached hydrogens (tertiary/aromatic N) is 1. The van der Waals surface area contributed by atoms with Crippen LogP contribution in [-0.2, 0) is 14.9 Å². The molecule has 174 valence electrons. The second-order valence-corrected chi connectivity index (χ2v) is 10.8. The number of hydrogen-bond donors (Lipinski definition) is 0. The van der Waals surface area contributed by atoms with Crippen LogP contribution in [0.5, 0.6) is 5.75 Å². The summed E-state index contributed by atoms with van der Waals surface area (Å²) in [5.41, 5.74) is 2.27. The molecule has 0 N–H and O–H groups in total. The third-order valence-corrected chi connectivity index (χ3v) is 8.92. The number of hydrogen-bond acceptors (Lipinski definition) is 3. The standard InChI is InChI=1S/C27H36FNO3/c1-2-21(16-28)17-32-23-6-4-22(5-7-23)26-8-3-9-27(18-26,11-10-26)24(30)29-19-25(20-29)12-14-31-15-13-25/h4-7,16H,2-3,8-15,17-20H2,1H3/b21-16+. The van der Waals surface area contributed by atoms with Crippen molar-refractivity contribution in [1.29, 1.82) is 0 Å². The van der Waals surface area contributed by atoms with Crippen molar-refractivity contribution in [2.24, 2.45) is 10.8 Å². The summed E-state index contributed by atoms with van der Waals surface area (Å²) in [5, 5.41) is 0. The SMILES string of the molecule is CC/C(=C\F)COc1ccc(C23CCCC(C(=O)N4CC5(CCOCC5)C4)(CC2)C3)cc1. The molecular weight excluding hydrogens is 405 g/mol. The van der Waals surface area contributed by atoms with Crippen LogP contribution in [0.3, 0.4) is 0 Å². The lowest BCUT2D eigenvalue weighted by Crippen LogP contribution is -2.63. The van der Waals surface area contributed by atoms with E-state index in [0.717, 1.165) is 83.4 Å². The number of halogens is 1. The van der Waals surface area contributed by atoms with E-state index in [4.69, 9.17) is 9.47 Å². The van der Waals surface area contributed by atoms with Crippen LogP contribution in [0.1, 0.15) is 70.3 Å². The Kier molecular flexibility index (Phi) is 5.81. The molecule has 0 radical (unpaired) electrons. The lowest BCUT2D eigenvalue weighted by Gasteiger charge is -2.54. The number of carbonyl (C=O) groups is 1. The molecule has 2 bridgehead atoms. The molecular formula is C27H36FNO3. The third kappa shape index (κ3) is 3.76. The van der Waals surface area contributed by atoms with E-state index in [9.17, 15) is 9.18 Å². The molecule has 5 rings (SSSR count). The number of amides is 1. The van der Waals surface area contributed by atoms with Crippen LogP contribution in [0.15, 0.2) is 36.2 Å². The largest absolute Gasteiger partial charge is 0.489 e. The van der Waals surface area contributed by atoms with Gasteiger partial charge in [-0.2, -0.15) is 0 Å². The van der Waals surface area contributed by atoms with Crippen LogP contribution in [-0.4, -0.2) is 43.7 Å². The second-order valence-electron chi connectivity index (χ2n) is 10.8. The van der Waals surface area contributed by atoms with Crippen molar-refractivity contribution >= 4 is 5.91 Å². The number of benzene rings is 1. The minimum Gasteiger partial charge on any atom is -0.489 e. The minimum absolute atomic E-state index is 0.112. The molecule has 0 aromatic heterocycles. The maximum atomic E-state index is 13.7. The summed E-state index contributed by atoms with van der Waals surface area (Å²) in [5.74, 6) is 1.19. The molecule has 1 aromatic carbocycles. The summed E-state index contributed by atoms with van der Waals surface area (Å²) in [6, 6.07) is 8.37. The van der Waals surface area contributed by atoms with E-state index in [2.05, 4.69) is 17.0 Å². The fourth-order valence-corrected chi connectivity index (χ4v) is 6.83. The molecule has 2 saturated heterocycles. The Morgan fingerprint density at radius 1 is 1.09 bits per heavy atom. The van der Waals surface area contributed by atoms with Gasteiger partial charge in [0.2, 0.25) is 5.91 Å². The van der Waals surface area contributed by atoms with Crippen molar-refractivity contribution in [3.63, 3.8) is 0 Å². The van der Waals surface area contributed by atoms with Crippen LogP contribution >= 0.6 is 0 Å². The van der Waals surface area contributed by atoms with Gasteiger partial charge in [-0.25, -0.2) is 4.39 Å². The average molecular weight is 442 g/mol. The Bertz CT molecular complexity index is 867. The molecule has 4 nitrogen and oxygen atoms in total. The van der Waals surface area contributed by atoms with Crippen molar-refractivity contribution in [3.8, 4) is 5.75 Å². The van der Waals surface area contributed by atoms with Crippen molar-refractivity contribution in [2.45, 2.75) is 70.1 Å². The van der Waals surface area contributed by atoms with Gasteiger partial charge in [0.15, 0.2) is 0 Å². The predicted octanol–water partition coefficient (Wildman–Crippen LogP) is 5.56. The number of ether oxygens (including phenoxy) is 2. The van der Waals surface area contributed by atoms with E-state index in [1.54, 1.807) is 0 Å². The monoisotopic (exact) mass is 441 g/mol. The number of fused-ring (bicyclic) bond motifs is 2. The maximum Gasteiger partial charge on any atom is 0.228 e. The maximum absolute atomic E-state index is 13.7. The summed E-state index contributed by atoms with van der Waals surface area (Å²) >= 11 is 0. The highest BCUT2D eigenvalue weighted by atomic mass is 19.1. The molecule has 2 heterocycles. The molecule has 1 amide bonds. The average Bonchev–Trinajstić information content (AvgIpc) is 3.10. The molecule has 4 aliphatic rings. The van der Waals surface area contributed by atoms with Gasteiger partial charge in [-0.1, -0.05) is 25.5 Å². The highest BCUT2D eigenvalue weighted by Crippen LogP contribution is 2.61. The summed E-state index contributed by atoms with van der Waals surface area (Å²) in [6.07, 6.45) is 9.91. The highest BCUT2D eigenvalue weighted by Gasteiger charge is 2.58. The van der Waals surface area contributed by atoms with Gasteiger partial charge >= 0.3 is 0 Å². The molecule has 2 saturated carbocycles. The van der Waals surface area contributed by atoms with Gasteiger partial charge in [0, 0.05) is 31.7 Å². The first-order chi connectivity index (χ1) is 15.5. The number of carbonyl (C=O) groups excluding carboxylic acids is 1. The van der Waals surface area contributed by atoms with Crippen LogP contribution in [0, 0.1) is 10.8 Å². The van der Waals surface area contributed by atoms with E-state index < -0.39 is 0 Å². The quantitative estimate of drug-likeness (QED) is 0.580. The van der Waals surface area contributed by atoms with E-state index >= 15 is 0 Å². The van der Waals surface area contributed by atoms with Crippen LogP contribution in [0.25, 0.3) is 0 Å². The van der Waals surface area contributed by atoms with Gasteiger partial charge in [-0.3, -0.25) is 4.79 Å². The van der Waals surface area contributed by atoms with E-state index in [0.29, 0.717) is 36.3 Å². The molecule has 1 aromatic rings. The molecule has 2 atom stereocenters. The second kappa shape index (κ2) is 8.48. The van der Waals surface area contributed by atoms with Gasteiger partial charge in [0.1, 0.15) is 12.4 Å². The lowest BCUT2D eigenvalue weighted by atomic mass is 9.64. The normalized spacial score (nSPS) is 31.4. The lowest BCUT2D eigenvalue weighted by molar-refractivity contribution is -0.162. The van der Waals surface area contributed by atoms with Gasteiger partial charge in [0.05, 0.1) is 11.7 Å². The fraction of sp³-hybridized carbons (Fsp3) is 0.667. The predicted molar refractivity (Wildman–Crippen MR) is 122 cm³/mol. The topological polar surface area (TPSA) is 38.8 Å². The van der Waals surface area contributed by atoms with Crippen molar-refractivity contribution < 1.29 is 18.7 Å². The summed E-state index contributed by atoms with van der Waals surface area (Å²) in [7, 11) is 0. The molecule has 2 aliphatic carbocycles.